The van der Waals surface area contributed by atoms with E-state index in [0.717, 1.165) is 37.8 Å². The maximum Gasteiger partial charge on any atom is 0.279 e. The summed E-state index contributed by atoms with van der Waals surface area (Å²) in [5.74, 6) is 0.272. The number of alkyl halides is 2. The normalized spacial score (nSPS) is 21.3. The van der Waals surface area contributed by atoms with Gasteiger partial charge in [0.25, 0.3) is 12.1 Å². The molecular weight excluding hydrogens is 320 g/mol. The Morgan fingerprint density at radius 2 is 2.00 bits per heavy atom. The number of nitro groups is 1. The lowest BCUT2D eigenvalue weighted by Gasteiger charge is -2.27. The lowest BCUT2D eigenvalue weighted by Crippen LogP contribution is -2.22. The van der Waals surface area contributed by atoms with Gasteiger partial charge in [-0.05, 0) is 38.7 Å². The van der Waals surface area contributed by atoms with Crippen LogP contribution in [0.2, 0.25) is 0 Å². The zero-order chi connectivity index (χ0) is 17.4. The van der Waals surface area contributed by atoms with Gasteiger partial charge >= 0.3 is 0 Å². The Morgan fingerprint density at radius 1 is 1.33 bits per heavy atom. The van der Waals surface area contributed by atoms with E-state index in [-0.39, 0.29) is 17.7 Å². The quantitative estimate of drug-likeness (QED) is 0.618. The predicted molar refractivity (Wildman–Crippen MR) is 83.0 cm³/mol. The van der Waals surface area contributed by atoms with Gasteiger partial charge in [0.05, 0.1) is 22.0 Å². The molecule has 1 aromatic carbocycles. The minimum atomic E-state index is -2.93. The smallest absolute Gasteiger partial charge is 0.279 e. The number of benzene rings is 1. The van der Waals surface area contributed by atoms with Crippen molar-refractivity contribution in [1.82, 2.24) is 9.78 Å². The zero-order valence-electron chi connectivity index (χ0n) is 13.1. The van der Waals surface area contributed by atoms with Crippen LogP contribution in [0.5, 0.6) is 0 Å². The molecule has 128 valence electrons. The molecule has 0 spiro atoms. The summed E-state index contributed by atoms with van der Waals surface area (Å²) in [5.41, 5.74) is -0.875. The summed E-state index contributed by atoms with van der Waals surface area (Å²) in [6, 6.07) is 2.33. The first-order valence-electron chi connectivity index (χ1n) is 7.82. The highest BCUT2D eigenvalue weighted by atomic mass is 19.3. The molecule has 0 saturated heterocycles. The largest absolute Gasteiger partial charge is 0.300 e. The van der Waals surface area contributed by atoms with Crippen molar-refractivity contribution < 1.29 is 18.5 Å². The summed E-state index contributed by atoms with van der Waals surface area (Å²) in [4.78, 5) is 21.6. The Hall–Kier alpha value is -2.38. The molecule has 0 unspecified atom stereocenters. The highest BCUT2D eigenvalue weighted by Crippen LogP contribution is 2.36. The Kier molecular flexibility index (Phi) is 4.29. The number of nitrogens with zero attached hydrogens (tertiary/aromatic N) is 3. The first-order chi connectivity index (χ1) is 11.4. The van der Waals surface area contributed by atoms with Crippen molar-refractivity contribution in [3.63, 3.8) is 0 Å². The van der Waals surface area contributed by atoms with Gasteiger partial charge in [0, 0.05) is 23.6 Å². The fourth-order valence-electron chi connectivity index (χ4n) is 3.36. The Bertz CT molecular complexity index is 795. The monoisotopic (exact) mass is 337 g/mol. The third-order valence-corrected chi connectivity index (χ3v) is 4.75. The van der Waals surface area contributed by atoms with Gasteiger partial charge < -0.3 is 0 Å². The van der Waals surface area contributed by atoms with Crippen LogP contribution in [-0.2, 0) is 4.79 Å². The average Bonchev–Trinajstić information content (AvgIpc) is 2.96. The van der Waals surface area contributed by atoms with Crippen molar-refractivity contribution in [1.29, 1.82) is 0 Å². The van der Waals surface area contributed by atoms with Crippen molar-refractivity contribution in [2.75, 3.05) is 0 Å². The molecule has 2 aromatic rings. The van der Waals surface area contributed by atoms with E-state index in [0.29, 0.717) is 10.9 Å². The minimum Gasteiger partial charge on any atom is -0.300 e. The number of ketones is 1. The molecule has 1 aliphatic carbocycles. The molecule has 0 aliphatic heterocycles. The number of Topliss-reactive ketones (excluding diaryl/α,β-unsaturated/α-hetero) is 1. The molecule has 6 nitrogen and oxygen atoms in total. The first kappa shape index (κ1) is 16.5. The fraction of sp³-hybridized carbons (Fsp3) is 0.500. The van der Waals surface area contributed by atoms with E-state index < -0.39 is 22.6 Å². The van der Waals surface area contributed by atoms with E-state index in [2.05, 4.69) is 5.10 Å². The van der Waals surface area contributed by atoms with E-state index in [9.17, 15) is 23.7 Å². The van der Waals surface area contributed by atoms with Gasteiger partial charge in [-0.15, -0.1) is 0 Å². The minimum absolute atomic E-state index is 0.0813. The lowest BCUT2D eigenvalue weighted by atomic mass is 9.84. The Labute approximate surface area is 136 Å². The van der Waals surface area contributed by atoms with Crippen molar-refractivity contribution in [2.24, 2.45) is 5.92 Å². The van der Waals surface area contributed by atoms with Gasteiger partial charge in [0.1, 0.15) is 5.78 Å². The molecule has 0 N–H and O–H groups in total. The van der Waals surface area contributed by atoms with E-state index in [1.807, 2.05) is 0 Å². The van der Waals surface area contributed by atoms with Crippen molar-refractivity contribution in [2.45, 2.75) is 45.1 Å². The van der Waals surface area contributed by atoms with Crippen LogP contribution < -0.4 is 0 Å². The van der Waals surface area contributed by atoms with Crippen LogP contribution in [0.1, 0.15) is 50.6 Å². The second-order valence-corrected chi connectivity index (χ2v) is 6.25. The van der Waals surface area contributed by atoms with Gasteiger partial charge in [0.15, 0.2) is 0 Å². The molecule has 8 heteroatoms. The third kappa shape index (κ3) is 3.00. The molecule has 1 saturated carbocycles. The number of halogens is 2. The molecule has 1 aliphatic rings. The molecule has 1 heterocycles. The second kappa shape index (κ2) is 6.26. The molecular formula is C16H17F2N3O3. The summed E-state index contributed by atoms with van der Waals surface area (Å²) >= 11 is 0. The van der Waals surface area contributed by atoms with E-state index >= 15 is 0 Å². The van der Waals surface area contributed by atoms with Crippen molar-refractivity contribution in [3.05, 3.63) is 34.0 Å². The SMILES string of the molecule is CC(=O)[C@H]1CC[C@H](n2cc3cc([N+](=O)[O-])c(C(F)F)cc3n2)CC1. The molecule has 3 rings (SSSR count). The van der Waals surface area contributed by atoms with Gasteiger partial charge in [-0.25, -0.2) is 8.78 Å². The molecule has 1 fully saturated rings. The standard InChI is InChI=1S/C16H17F2N3O3/c1-9(22)10-2-4-12(5-3-10)20-8-11-6-15(21(23)24)13(16(17)18)7-14(11)19-20/h6-8,10,12,16H,2-5H2,1H3/t10-,12-. The number of fused-ring (bicyclic) bond motifs is 1. The number of carbonyl (C=O) groups excluding carboxylic acids is 1. The molecule has 0 atom stereocenters. The lowest BCUT2D eigenvalue weighted by molar-refractivity contribution is -0.386. The van der Waals surface area contributed by atoms with E-state index in [1.165, 1.54) is 0 Å². The van der Waals surface area contributed by atoms with Gasteiger partial charge in [-0.3, -0.25) is 19.6 Å². The highest BCUT2D eigenvalue weighted by molar-refractivity contribution is 5.82. The number of carbonyl (C=O) groups is 1. The zero-order valence-corrected chi connectivity index (χ0v) is 13.1. The number of hydrogen-bond donors (Lipinski definition) is 0. The summed E-state index contributed by atoms with van der Waals surface area (Å²) in [6.45, 7) is 1.60. The fourth-order valence-corrected chi connectivity index (χ4v) is 3.36. The molecule has 0 radical (unpaired) electrons. The summed E-state index contributed by atoms with van der Waals surface area (Å²) in [7, 11) is 0. The van der Waals surface area contributed by atoms with Crippen molar-refractivity contribution >= 4 is 22.4 Å². The number of aromatic nitrogens is 2. The Morgan fingerprint density at radius 3 is 2.54 bits per heavy atom. The van der Waals surface area contributed by atoms with Gasteiger partial charge in [-0.2, -0.15) is 5.10 Å². The maximum absolute atomic E-state index is 13.0. The molecule has 1 aromatic heterocycles. The second-order valence-electron chi connectivity index (χ2n) is 6.25. The Balaban J connectivity index is 1.92. The summed E-state index contributed by atoms with van der Waals surface area (Å²) < 4.78 is 27.7. The van der Waals surface area contributed by atoms with Crippen LogP contribution in [0.3, 0.4) is 0 Å². The topological polar surface area (TPSA) is 78.0 Å². The molecule has 0 bridgehead atoms. The third-order valence-electron chi connectivity index (χ3n) is 4.75. The number of nitro benzene ring substituents is 1. The number of hydrogen-bond acceptors (Lipinski definition) is 4. The highest BCUT2D eigenvalue weighted by Gasteiger charge is 2.27. The van der Waals surface area contributed by atoms with Gasteiger partial charge in [-0.1, -0.05) is 0 Å². The van der Waals surface area contributed by atoms with Crippen LogP contribution in [0.25, 0.3) is 10.9 Å². The van der Waals surface area contributed by atoms with Crippen molar-refractivity contribution in [3.8, 4) is 0 Å². The predicted octanol–water partition coefficient (Wildman–Crippen LogP) is 4.20. The van der Waals surface area contributed by atoms with Crippen LogP contribution in [-0.4, -0.2) is 20.5 Å². The average molecular weight is 337 g/mol. The van der Waals surface area contributed by atoms with E-state index in [4.69, 9.17) is 0 Å². The van der Waals surface area contributed by atoms with Crippen LogP contribution in [0, 0.1) is 16.0 Å². The van der Waals surface area contributed by atoms with Crippen LogP contribution in [0.15, 0.2) is 18.3 Å². The first-order valence-corrected chi connectivity index (χ1v) is 7.82. The summed E-state index contributed by atoms with van der Waals surface area (Å²) in [6.07, 6.45) is 1.85. The van der Waals surface area contributed by atoms with E-state index in [1.54, 1.807) is 17.8 Å². The maximum atomic E-state index is 13.0. The van der Waals surface area contributed by atoms with Crippen LogP contribution in [0.4, 0.5) is 14.5 Å². The van der Waals surface area contributed by atoms with Crippen LogP contribution >= 0.6 is 0 Å². The molecule has 0 amide bonds. The summed E-state index contributed by atoms with van der Waals surface area (Å²) in [5, 5.41) is 15.8. The number of rotatable bonds is 4. The van der Waals surface area contributed by atoms with Gasteiger partial charge in [0.2, 0.25) is 0 Å². The molecule has 24 heavy (non-hydrogen) atoms.